The van der Waals surface area contributed by atoms with Crippen LogP contribution in [0.5, 0.6) is 0 Å². The van der Waals surface area contributed by atoms with Gasteiger partial charge in [-0.05, 0) is 33.0 Å². The number of halogens is 1. The summed E-state index contributed by atoms with van der Waals surface area (Å²) in [5, 5.41) is 0.879. The molecule has 1 aliphatic rings. The van der Waals surface area contributed by atoms with Crippen molar-refractivity contribution >= 4 is 21.7 Å². The van der Waals surface area contributed by atoms with Gasteiger partial charge < -0.3 is 9.80 Å². The molecular formula is C13H20BrN3. The first-order valence-electron chi connectivity index (χ1n) is 6.13. The van der Waals surface area contributed by atoms with Gasteiger partial charge in [0.2, 0.25) is 0 Å². The molecule has 0 N–H and O–H groups in total. The third-order valence-corrected chi connectivity index (χ3v) is 4.11. The molecule has 4 heteroatoms. The first-order chi connectivity index (χ1) is 8.22. The maximum absolute atomic E-state index is 4.53. The number of anilines is 1. The molecule has 1 aromatic rings. The Labute approximate surface area is 112 Å². The molecule has 0 aromatic carbocycles. The lowest BCUT2D eigenvalue weighted by molar-refractivity contribution is 0.249. The summed E-state index contributed by atoms with van der Waals surface area (Å²) in [5.74, 6) is 1.15. The lowest BCUT2D eigenvalue weighted by Crippen LogP contribution is -2.42. The summed E-state index contributed by atoms with van der Waals surface area (Å²) in [5.41, 5.74) is 1.29. The van der Waals surface area contributed by atoms with Crippen molar-refractivity contribution in [3.8, 4) is 0 Å². The van der Waals surface area contributed by atoms with Gasteiger partial charge in [-0.25, -0.2) is 4.98 Å². The predicted octanol–water partition coefficient (Wildman–Crippen LogP) is 2.51. The van der Waals surface area contributed by atoms with E-state index in [0.29, 0.717) is 0 Å². The predicted molar refractivity (Wildman–Crippen MR) is 75.8 cm³/mol. The second-order valence-electron chi connectivity index (χ2n) is 4.80. The molecule has 3 nitrogen and oxygen atoms in total. The topological polar surface area (TPSA) is 19.4 Å². The molecular weight excluding hydrogens is 278 g/mol. The molecule has 1 aromatic heterocycles. The van der Waals surface area contributed by atoms with Gasteiger partial charge in [0, 0.05) is 36.2 Å². The van der Waals surface area contributed by atoms with E-state index in [4.69, 9.17) is 0 Å². The number of alkyl halides is 1. The van der Waals surface area contributed by atoms with Gasteiger partial charge in [0.05, 0.1) is 0 Å². The summed E-state index contributed by atoms with van der Waals surface area (Å²) in [4.78, 5) is 9.27. The SMILES string of the molecule is CN(C)C1CCN(c2ncccc2CBr)CC1. The number of pyridine rings is 1. The van der Waals surface area contributed by atoms with E-state index >= 15 is 0 Å². The zero-order valence-electron chi connectivity index (χ0n) is 10.6. The second-order valence-corrected chi connectivity index (χ2v) is 5.36. The number of hydrogen-bond donors (Lipinski definition) is 0. The lowest BCUT2D eigenvalue weighted by atomic mass is 10.0. The smallest absolute Gasteiger partial charge is 0.132 e. The van der Waals surface area contributed by atoms with Crippen molar-refractivity contribution in [2.24, 2.45) is 0 Å². The fourth-order valence-corrected chi connectivity index (χ4v) is 2.85. The van der Waals surface area contributed by atoms with Gasteiger partial charge in [0.15, 0.2) is 0 Å². The molecule has 0 aliphatic carbocycles. The van der Waals surface area contributed by atoms with Crippen LogP contribution in [-0.4, -0.2) is 43.1 Å². The van der Waals surface area contributed by atoms with Crippen molar-refractivity contribution in [1.82, 2.24) is 9.88 Å². The molecule has 94 valence electrons. The standard InChI is InChI=1S/C13H20BrN3/c1-16(2)12-5-8-17(9-6-12)13-11(10-14)4-3-7-15-13/h3-4,7,12H,5-6,8-10H2,1-2H3. The summed E-state index contributed by atoms with van der Waals surface area (Å²) in [6, 6.07) is 4.88. The minimum absolute atomic E-state index is 0.724. The Morgan fingerprint density at radius 1 is 1.41 bits per heavy atom. The minimum atomic E-state index is 0.724. The Morgan fingerprint density at radius 3 is 2.71 bits per heavy atom. The zero-order chi connectivity index (χ0) is 12.3. The van der Waals surface area contributed by atoms with E-state index in [0.717, 1.165) is 30.3 Å². The fraction of sp³-hybridized carbons (Fsp3) is 0.615. The van der Waals surface area contributed by atoms with Gasteiger partial charge in [-0.2, -0.15) is 0 Å². The molecule has 0 unspecified atom stereocenters. The molecule has 1 saturated heterocycles. The number of piperidine rings is 1. The first kappa shape index (κ1) is 12.8. The number of hydrogen-bond acceptors (Lipinski definition) is 3. The Morgan fingerprint density at radius 2 is 2.12 bits per heavy atom. The Kier molecular flexibility index (Phi) is 4.40. The van der Waals surface area contributed by atoms with Crippen LogP contribution in [-0.2, 0) is 5.33 Å². The van der Waals surface area contributed by atoms with E-state index in [2.05, 4.69) is 50.9 Å². The molecule has 0 saturated carbocycles. The highest BCUT2D eigenvalue weighted by Crippen LogP contribution is 2.24. The van der Waals surface area contributed by atoms with Crippen LogP contribution in [0.4, 0.5) is 5.82 Å². The number of nitrogens with zero attached hydrogens (tertiary/aromatic N) is 3. The van der Waals surface area contributed by atoms with Gasteiger partial charge in [0.25, 0.3) is 0 Å². The fourth-order valence-electron chi connectivity index (χ4n) is 2.41. The monoisotopic (exact) mass is 297 g/mol. The van der Waals surface area contributed by atoms with Crippen molar-refractivity contribution < 1.29 is 0 Å². The molecule has 0 spiro atoms. The lowest BCUT2D eigenvalue weighted by Gasteiger charge is -2.36. The van der Waals surface area contributed by atoms with E-state index in [1.54, 1.807) is 0 Å². The van der Waals surface area contributed by atoms with Crippen LogP contribution in [0.1, 0.15) is 18.4 Å². The van der Waals surface area contributed by atoms with E-state index in [1.165, 1.54) is 18.4 Å². The molecule has 1 fully saturated rings. The summed E-state index contributed by atoms with van der Waals surface area (Å²) in [6.07, 6.45) is 4.34. The Balaban J connectivity index is 2.05. The summed E-state index contributed by atoms with van der Waals surface area (Å²) in [7, 11) is 4.34. The highest BCUT2D eigenvalue weighted by atomic mass is 79.9. The summed E-state index contributed by atoms with van der Waals surface area (Å²) in [6.45, 7) is 2.22. The van der Waals surface area contributed by atoms with E-state index in [9.17, 15) is 0 Å². The van der Waals surface area contributed by atoms with Crippen LogP contribution in [0.25, 0.3) is 0 Å². The van der Waals surface area contributed by atoms with Crippen molar-refractivity contribution in [3.63, 3.8) is 0 Å². The normalized spacial score (nSPS) is 17.8. The molecule has 0 radical (unpaired) electrons. The van der Waals surface area contributed by atoms with Crippen molar-refractivity contribution in [2.45, 2.75) is 24.2 Å². The zero-order valence-corrected chi connectivity index (χ0v) is 12.2. The van der Waals surface area contributed by atoms with E-state index in [-0.39, 0.29) is 0 Å². The largest absolute Gasteiger partial charge is 0.356 e. The molecule has 2 rings (SSSR count). The molecule has 0 atom stereocenters. The van der Waals surface area contributed by atoms with Crippen LogP contribution >= 0.6 is 15.9 Å². The highest BCUT2D eigenvalue weighted by molar-refractivity contribution is 9.08. The summed E-state index contributed by atoms with van der Waals surface area (Å²) < 4.78 is 0. The van der Waals surface area contributed by atoms with Crippen LogP contribution in [0, 0.1) is 0 Å². The number of rotatable bonds is 3. The van der Waals surface area contributed by atoms with E-state index < -0.39 is 0 Å². The summed E-state index contributed by atoms with van der Waals surface area (Å²) >= 11 is 3.54. The Hall–Kier alpha value is -0.610. The van der Waals surface area contributed by atoms with Crippen molar-refractivity contribution in [1.29, 1.82) is 0 Å². The molecule has 17 heavy (non-hydrogen) atoms. The van der Waals surface area contributed by atoms with Gasteiger partial charge in [-0.15, -0.1) is 0 Å². The quantitative estimate of drug-likeness (QED) is 0.799. The molecule has 0 amide bonds. The number of aromatic nitrogens is 1. The van der Waals surface area contributed by atoms with E-state index in [1.807, 2.05) is 12.3 Å². The average Bonchev–Trinajstić information content (AvgIpc) is 2.39. The molecule has 0 bridgehead atoms. The molecule has 2 heterocycles. The van der Waals surface area contributed by atoms with Crippen LogP contribution in [0.3, 0.4) is 0 Å². The molecule has 1 aliphatic heterocycles. The third-order valence-electron chi connectivity index (χ3n) is 3.51. The van der Waals surface area contributed by atoms with Crippen LogP contribution in [0.2, 0.25) is 0 Å². The maximum atomic E-state index is 4.53. The second kappa shape index (κ2) is 5.83. The van der Waals surface area contributed by atoms with Gasteiger partial charge in [-0.1, -0.05) is 22.0 Å². The first-order valence-corrected chi connectivity index (χ1v) is 7.25. The van der Waals surface area contributed by atoms with Crippen LogP contribution < -0.4 is 4.90 Å². The maximum Gasteiger partial charge on any atom is 0.132 e. The average molecular weight is 298 g/mol. The van der Waals surface area contributed by atoms with Gasteiger partial charge in [0.1, 0.15) is 5.82 Å². The Bertz CT molecular complexity index is 359. The highest BCUT2D eigenvalue weighted by Gasteiger charge is 2.22. The van der Waals surface area contributed by atoms with Crippen molar-refractivity contribution in [3.05, 3.63) is 23.9 Å². The van der Waals surface area contributed by atoms with Crippen molar-refractivity contribution in [2.75, 3.05) is 32.1 Å². The van der Waals surface area contributed by atoms with Gasteiger partial charge in [-0.3, -0.25) is 0 Å². The minimum Gasteiger partial charge on any atom is -0.356 e. The van der Waals surface area contributed by atoms with Gasteiger partial charge >= 0.3 is 0 Å². The van der Waals surface area contributed by atoms with Crippen LogP contribution in [0.15, 0.2) is 18.3 Å². The third kappa shape index (κ3) is 2.99.